The minimum atomic E-state index is 0.336. The van der Waals surface area contributed by atoms with Gasteiger partial charge >= 0.3 is 0 Å². The zero-order valence-corrected chi connectivity index (χ0v) is 15.8. The van der Waals surface area contributed by atoms with Crippen molar-refractivity contribution in [3.05, 3.63) is 30.6 Å². The monoisotopic (exact) mass is 353 g/mol. The zero-order valence-electron chi connectivity index (χ0n) is 15.8. The Balaban J connectivity index is 1.52. The lowest BCUT2D eigenvalue weighted by Gasteiger charge is -2.29. The topological polar surface area (TPSA) is 63.3 Å². The predicted molar refractivity (Wildman–Crippen MR) is 103 cm³/mol. The third-order valence-electron chi connectivity index (χ3n) is 5.17. The van der Waals surface area contributed by atoms with Crippen molar-refractivity contribution in [1.82, 2.24) is 29.3 Å². The van der Waals surface area contributed by atoms with E-state index < -0.39 is 0 Å². The Morgan fingerprint density at radius 1 is 1.15 bits per heavy atom. The first-order chi connectivity index (χ1) is 12.6. The van der Waals surface area contributed by atoms with E-state index in [-0.39, 0.29) is 0 Å². The molecule has 3 aromatic heterocycles. The quantitative estimate of drug-likeness (QED) is 0.764. The van der Waals surface area contributed by atoms with Crippen molar-refractivity contribution in [1.29, 1.82) is 0 Å². The Bertz CT molecular complexity index is 871. The molecule has 1 aliphatic rings. The molecule has 4 heterocycles. The molecule has 26 heavy (non-hydrogen) atoms. The third kappa shape index (κ3) is 3.44. The highest BCUT2D eigenvalue weighted by molar-refractivity contribution is 5.59. The van der Waals surface area contributed by atoms with Gasteiger partial charge in [-0.2, -0.15) is 5.10 Å². The third-order valence-corrected chi connectivity index (χ3v) is 5.17. The van der Waals surface area contributed by atoms with E-state index in [4.69, 9.17) is 5.10 Å². The van der Waals surface area contributed by atoms with Gasteiger partial charge < -0.3 is 10.2 Å². The molecule has 0 bridgehead atoms. The van der Waals surface area contributed by atoms with E-state index in [9.17, 15) is 0 Å². The summed E-state index contributed by atoms with van der Waals surface area (Å²) in [5.74, 6) is 1.60. The number of piperidine rings is 1. The van der Waals surface area contributed by atoms with Crippen LogP contribution in [0.4, 0.5) is 5.82 Å². The Kier molecular flexibility index (Phi) is 4.63. The second-order valence-corrected chi connectivity index (χ2v) is 7.53. The van der Waals surface area contributed by atoms with Crippen molar-refractivity contribution in [3.8, 4) is 11.4 Å². The fourth-order valence-electron chi connectivity index (χ4n) is 3.42. The highest BCUT2D eigenvalue weighted by Crippen LogP contribution is 2.21. The maximum atomic E-state index is 4.75. The number of rotatable bonds is 5. The summed E-state index contributed by atoms with van der Waals surface area (Å²) in [6, 6.07) is 6.37. The van der Waals surface area contributed by atoms with Gasteiger partial charge in [-0.15, -0.1) is 5.10 Å². The van der Waals surface area contributed by atoms with Crippen molar-refractivity contribution >= 4 is 11.5 Å². The number of hydrogen-bond donors (Lipinski definition) is 1. The molecule has 7 heteroatoms. The minimum absolute atomic E-state index is 0.336. The minimum Gasteiger partial charge on any atom is -0.368 e. The number of aromatic nitrogens is 5. The smallest absolute Gasteiger partial charge is 0.154 e. The van der Waals surface area contributed by atoms with E-state index in [0.717, 1.165) is 29.4 Å². The van der Waals surface area contributed by atoms with Crippen LogP contribution >= 0.6 is 0 Å². The molecule has 1 N–H and O–H groups in total. The highest BCUT2D eigenvalue weighted by atomic mass is 15.3. The van der Waals surface area contributed by atoms with Crippen molar-refractivity contribution in [3.63, 3.8) is 0 Å². The molecule has 3 aromatic rings. The highest BCUT2D eigenvalue weighted by Gasteiger charge is 2.17. The lowest BCUT2D eigenvalue weighted by Crippen LogP contribution is -2.33. The van der Waals surface area contributed by atoms with E-state index in [1.807, 2.05) is 39.8 Å². The van der Waals surface area contributed by atoms with Gasteiger partial charge in [0.1, 0.15) is 17.2 Å². The number of imidazole rings is 1. The first-order valence-corrected chi connectivity index (χ1v) is 9.43. The SMILES string of the molecule is CC(C)n1ccc(-c2cnc3ccc(NCC4CCN(C)CC4)nn23)n1. The number of fused-ring (bicyclic) bond motifs is 1. The number of nitrogens with zero attached hydrogens (tertiary/aromatic N) is 6. The van der Waals surface area contributed by atoms with Crippen LogP contribution in [0.5, 0.6) is 0 Å². The summed E-state index contributed by atoms with van der Waals surface area (Å²) < 4.78 is 3.83. The van der Waals surface area contributed by atoms with Crippen molar-refractivity contribution in [2.45, 2.75) is 32.7 Å². The average molecular weight is 353 g/mol. The van der Waals surface area contributed by atoms with Crippen LogP contribution in [0, 0.1) is 5.92 Å². The lowest BCUT2D eigenvalue weighted by molar-refractivity contribution is 0.226. The largest absolute Gasteiger partial charge is 0.368 e. The number of likely N-dealkylation sites (tertiary alicyclic amines) is 1. The summed E-state index contributed by atoms with van der Waals surface area (Å²) in [6.45, 7) is 7.58. The van der Waals surface area contributed by atoms with Gasteiger partial charge in [0.15, 0.2) is 5.65 Å². The molecule has 0 aromatic carbocycles. The number of nitrogens with one attached hydrogen (secondary N) is 1. The van der Waals surface area contributed by atoms with Gasteiger partial charge in [-0.05, 0) is 70.9 Å². The van der Waals surface area contributed by atoms with Gasteiger partial charge in [0.25, 0.3) is 0 Å². The van der Waals surface area contributed by atoms with Crippen LogP contribution in [-0.2, 0) is 0 Å². The normalized spacial score (nSPS) is 16.6. The van der Waals surface area contributed by atoms with Crippen LogP contribution in [0.3, 0.4) is 0 Å². The summed E-state index contributed by atoms with van der Waals surface area (Å²) >= 11 is 0. The molecule has 1 saturated heterocycles. The summed E-state index contributed by atoms with van der Waals surface area (Å²) in [6.07, 6.45) is 6.33. The van der Waals surface area contributed by atoms with Crippen molar-refractivity contribution in [2.24, 2.45) is 5.92 Å². The molecule has 7 nitrogen and oxygen atoms in total. The van der Waals surface area contributed by atoms with Crippen LogP contribution in [0.15, 0.2) is 30.6 Å². The van der Waals surface area contributed by atoms with Gasteiger partial charge in [-0.3, -0.25) is 4.68 Å². The summed E-state index contributed by atoms with van der Waals surface area (Å²) in [5.41, 5.74) is 2.65. The van der Waals surface area contributed by atoms with E-state index in [1.54, 1.807) is 0 Å². The fourth-order valence-corrected chi connectivity index (χ4v) is 3.42. The van der Waals surface area contributed by atoms with E-state index in [1.165, 1.54) is 25.9 Å². The molecule has 0 radical (unpaired) electrons. The fraction of sp³-hybridized carbons (Fsp3) is 0.526. The van der Waals surface area contributed by atoms with Crippen LogP contribution in [0.2, 0.25) is 0 Å². The Labute approximate surface area is 154 Å². The van der Waals surface area contributed by atoms with Crippen molar-refractivity contribution in [2.75, 3.05) is 32.0 Å². The molecule has 0 saturated carbocycles. The van der Waals surface area contributed by atoms with Gasteiger partial charge in [-0.1, -0.05) is 0 Å². The maximum absolute atomic E-state index is 4.75. The first kappa shape index (κ1) is 17.0. The molecule has 1 fully saturated rings. The van der Waals surface area contributed by atoms with Crippen LogP contribution in [-0.4, -0.2) is 56.0 Å². The zero-order chi connectivity index (χ0) is 18.1. The molecular weight excluding hydrogens is 326 g/mol. The second-order valence-electron chi connectivity index (χ2n) is 7.53. The molecule has 0 unspecified atom stereocenters. The van der Waals surface area contributed by atoms with Crippen LogP contribution < -0.4 is 5.32 Å². The molecule has 1 aliphatic heterocycles. The van der Waals surface area contributed by atoms with Crippen molar-refractivity contribution < 1.29 is 0 Å². The first-order valence-electron chi connectivity index (χ1n) is 9.43. The summed E-state index contributed by atoms with van der Waals surface area (Å²) in [7, 11) is 2.19. The van der Waals surface area contributed by atoms with E-state index >= 15 is 0 Å². The maximum Gasteiger partial charge on any atom is 0.154 e. The predicted octanol–water partition coefficient (Wildman–Crippen LogP) is 2.93. The van der Waals surface area contributed by atoms with Gasteiger partial charge in [0, 0.05) is 18.8 Å². The van der Waals surface area contributed by atoms with Gasteiger partial charge in [0.2, 0.25) is 0 Å². The molecule has 0 atom stereocenters. The van der Waals surface area contributed by atoms with E-state index in [0.29, 0.717) is 12.0 Å². The molecule has 0 amide bonds. The molecule has 0 spiro atoms. The Morgan fingerprint density at radius 3 is 2.69 bits per heavy atom. The molecule has 138 valence electrons. The molecule has 0 aliphatic carbocycles. The van der Waals surface area contributed by atoms with Crippen LogP contribution in [0.1, 0.15) is 32.7 Å². The molecule has 4 rings (SSSR count). The molecular formula is C19H27N7. The van der Waals surface area contributed by atoms with Gasteiger partial charge in [-0.25, -0.2) is 9.50 Å². The van der Waals surface area contributed by atoms with E-state index in [2.05, 4.69) is 41.2 Å². The Morgan fingerprint density at radius 2 is 1.96 bits per heavy atom. The summed E-state index contributed by atoms with van der Waals surface area (Å²) in [5, 5.41) is 12.9. The standard InChI is InChI=1S/C19H27N7/c1-14(2)25-11-8-16(22-25)17-13-21-19-5-4-18(23-26(17)19)20-12-15-6-9-24(3)10-7-15/h4-5,8,11,13-15H,6-7,9-10,12H2,1-3H3,(H,20,23). The number of hydrogen-bond acceptors (Lipinski definition) is 5. The van der Waals surface area contributed by atoms with Crippen LogP contribution in [0.25, 0.3) is 17.0 Å². The second kappa shape index (κ2) is 7.07. The summed E-state index contributed by atoms with van der Waals surface area (Å²) in [4.78, 5) is 6.86. The Hall–Kier alpha value is -2.41. The van der Waals surface area contributed by atoms with Gasteiger partial charge in [0.05, 0.1) is 6.20 Å². The number of anilines is 1. The average Bonchev–Trinajstić information content (AvgIpc) is 3.27. The lowest BCUT2D eigenvalue weighted by atomic mass is 9.97.